The number of hydrazone groups is 1. The zero-order chi connectivity index (χ0) is 26.9. The van der Waals surface area contributed by atoms with Crippen LogP contribution < -0.4 is 19.6 Å². The molecule has 0 aliphatic rings. The Morgan fingerprint density at radius 1 is 0.947 bits per heavy atom. The number of hydrogen-bond donors (Lipinski definition) is 1. The first kappa shape index (κ1) is 27.4. The Balaban J connectivity index is 1.42. The summed E-state index contributed by atoms with van der Waals surface area (Å²) in [6.45, 7) is 0.275. The van der Waals surface area contributed by atoms with Crippen molar-refractivity contribution in [3.8, 4) is 17.2 Å². The highest BCUT2D eigenvalue weighted by Gasteiger charge is 2.14. The smallest absolute Gasteiger partial charge is 0.275 e. The fourth-order valence-corrected chi connectivity index (χ4v) is 4.47. The van der Waals surface area contributed by atoms with Crippen LogP contribution >= 0.6 is 34.2 Å². The second-order valence-corrected chi connectivity index (χ2v) is 9.56. The number of nitrogens with one attached hydrogen (secondary N) is 1. The molecule has 0 atom stereocenters. The summed E-state index contributed by atoms with van der Waals surface area (Å²) in [6, 6.07) is 24.2. The highest BCUT2D eigenvalue weighted by molar-refractivity contribution is 14.1. The number of benzene rings is 4. The van der Waals surface area contributed by atoms with Gasteiger partial charge in [0.1, 0.15) is 24.8 Å². The predicted octanol–water partition coefficient (Wildman–Crippen LogP) is 7.01. The van der Waals surface area contributed by atoms with Crippen LogP contribution in [-0.2, 0) is 13.2 Å². The molecular formula is C29H23ClFIN2O4. The fourth-order valence-electron chi connectivity index (χ4n) is 3.50. The van der Waals surface area contributed by atoms with Crippen LogP contribution in [0, 0.1) is 9.39 Å². The fraction of sp³-hybridized carbons (Fsp3) is 0.103. The lowest BCUT2D eigenvalue weighted by molar-refractivity contribution is 0.0950. The Bertz CT molecular complexity index is 1460. The number of ether oxygens (including phenoxy) is 3. The van der Waals surface area contributed by atoms with Crippen LogP contribution in [0.15, 0.2) is 90.0 Å². The molecule has 0 heterocycles. The van der Waals surface area contributed by atoms with E-state index in [-0.39, 0.29) is 19.0 Å². The largest absolute Gasteiger partial charge is 0.493 e. The molecule has 4 aromatic carbocycles. The quantitative estimate of drug-likeness (QED) is 0.115. The van der Waals surface area contributed by atoms with Gasteiger partial charge < -0.3 is 14.2 Å². The number of amides is 1. The molecule has 0 saturated heterocycles. The lowest BCUT2D eigenvalue weighted by Gasteiger charge is -2.14. The SMILES string of the molecule is COc1cc(/C=N/NC(=O)c2ccccc2OCc2ccccc2Cl)cc(I)c1OCc1ccccc1F. The van der Waals surface area contributed by atoms with E-state index in [9.17, 15) is 9.18 Å². The summed E-state index contributed by atoms with van der Waals surface area (Å²) in [5, 5.41) is 4.68. The van der Waals surface area contributed by atoms with Crippen LogP contribution in [0.5, 0.6) is 17.2 Å². The van der Waals surface area contributed by atoms with Crippen molar-refractivity contribution < 1.29 is 23.4 Å². The molecule has 4 rings (SSSR count). The van der Waals surface area contributed by atoms with Gasteiger partial charge in [0.05, 0.1) is 22.5 Å². The molecule has 0 unspecified atom stereocenters. The van der Waals surface area contributed by atoms with Crippen molar-refractivity contribution in [3.05, 3.63) is 122 Å². The molecule has 0 spiro atoms. The Morgan fingerprint density at radius 3 is 2.39 bits per heavy atom. The van der Waals surface area contributed by atoms with Crippen molar-refractivity contribution in [1.29, 1.82) is 0 Å². The van der Waals surface area contributed by atoms with Gasteiger partial charge in [0.15, 0.2) is 11.5 Å². The summed E-state index contributed by atoms with van der Waals surface area (Å²) in [7, 11) is 1.52. The summed E-state index contributed by atoms with van der Waals surface area (Å²) in [6.07, 6.45) is 1.50. The minimum Gasteiger partial charge on any atom is -0.493 e. The molecule has 0 radical (unpaired) electrons. The monoisotopic (exact) mass is 644 g/mol. The molecule has 0 aromatic heterocycles. The number of halogens is 3. The maximum atomic E-state index is 14.0. The Morgan fingerprint density at radius 2 is 1.63 bits per heavy atom. The lowest BCUT2D eigenvalue weighted by atomic mass is 10.2. The molecule has 0 aliphatic heterocycles. The van der Waals surface area contributed by atoms with E-state index in [1.54, 1.807) is 54.6 Å². The molecule has 4 aromatic rings. The molecule has 1 N–H and O–H groups in total. The van der Waals surface area contributed by atoms with Crippen LogP contribution in [0.25, 0.3) is 0 Å². The first-order valence-electron chi connectivity index (χ1n) is 11.5. The number of methoxy groups -OCH3 is 1. The van der Waals surface area contributed by atoms with E-state index < -0.39 is 5.91 Å². The first-order chi connectivity index (χ1) is 18.5. The Hall–Kier alpha value is -3.63. The van der Waals surface area contributed by atoms with Gasteiger partial charge in [0.2, 0.25) is 0 Å². The van der Waals surface area contributed by atoms with E-state index in [1.165, 1.54) is 19.4 Å². The average Bonchev–Trinajstić information content (AvgIpc) is 2.92. The van der Waals surface area contributed by atoms with Crippen LogP contribution in [0.2, 0.25) is 5.02 Å². The molecule has 0 fully saturated rings. The molecule has 0 saturated carbocycles. The second kappa shape index (κ2) is 13.3. The van der Waals surface area contributed by atoms with E-state index in [0.29, 0.717) is 39.0 Å². The molecule has 38 heavy (non-hydrogen) atoms. The summed E-state index contributed by atoms with van der Waals surface area (Å²) in [5.41, 5.74) is 4.79. The standard InChI is InChI=1S/C29H23ClFIN2O4/c1-36-27-15-19(14-25(32)28(27)38-18-21-9-3-6-12-24(21)31)16-33-34-29(35)22-10-4-7-13-26(22)37-17-20-8-2-5-11-23(20)30/h2-16H,17-18H2,1H3,(H,34,35)/b33-16+. The van der Waals surface area contributed by atoms with Crippen LogP contribution in [0.1, 0.15) is 27.0 Å². The van der Waals surface area contributed by atoms with Gasteiger partial charge in [0.25, 0.3) is 5.91 Å². The highest BCUT2D eigenvalue weighted by Crippen LogP contribution is 2.34. The molecule has 9 heteroatoms. The topological polar surface area (TPSA) is 69.2 Å². The van der Waals surface area contributed by atoms with E-state index in [4.69, 9.17) is 25.8 Å². The highest BCUT2D eigenvalue weighted by atomic mass is 127. The van der Waals surface area contributed by atoms with Crippen LogP contribution in [0.4, 0.5) is 4.39 Å². The normalized spacial score (nSPS) is 10.8. The Kier molecular flexibility index (Phi) is 9.56. The van der Waals surface area contributed by atoms with Crippen molar-refractivity contribution in [2.45, 2.75) is 13.2 Å². The summed E-state index contributed by atoms with van der Waals surface area (Å²) in [4.78, 5) is 12.8. The number of nitrogens with zero attached hydrogens (tertiary/aromatic N) is 1. The number of rotatable bonds is 10. The number of hydrogen-bond acceptors (Lipinski definition) is 5. The van der Waals surface area contributed by atoms with Crippen molar-refractivity contribution >= 4 is 46.3 Å². The summed E-state index contributed by atoms with van der Waals surface area (Å²) < 4.78 is 31.9. The molecule has 0 aliphatic carbocycles. The maximum absolute atomic E-state index is 14.0. The number of carbonyl (C=O) groups is 1. The van der Waals surface area contributed by atoms with Crippen molar-refractivity contribution in [3.63, 3.8) is 0 Å². The van der Waals surface area contributed by atoms with Gasteiger partial charge in [-0.15, -0.1) is 0 Å². The van der Waals surface area contributed by atoms with Gasteiger partial charge in [0, 0.05) is 16.1 Å². The molecule has 0 bridgehead atoms. The van der Waals surface area contributed by atoms with Gasteiger partial charge in [-0.05, 0) is 64.6 Å². The lowest BCUT2D eigenvalue weighted by Crippen LogP contribution is -2.18. The Labute approximate surface area is 238 Å². The minimum atomic E-state index is -0.428. The van der Waals surface area contributed by atoms with Crippen LogP contribution in [-0.4, -0.2) is 19.2 Å². The first-order valence-corrected chi connectivity index (χ1v) is 12.9. The third-order valence-corrected chi connectivity index (χ3v) is 6.60. The predicted molar refractivity (Wildman–Crippen MR) is 154 cm³/mol. The van der Waals surface area contributed by atoms with Gasteiger partial charge in [-0.3, -0.25) is 4.79 Å². The van der Waals surface area contributed by atoms with E-state index in [1.807, 2.05) is 24.3 Å². The van der Waals surface area contributed by atoms with Gasteiger partial charge >= 0.3 is 0 Å². The molecule has 194 valence electrons. The van der Waals surface area contributed by atoms with Crippen molar-refractivity contribution in [2.75, 3.05) is 7.11 Å². The van der Waals surface area contributed by atoms with Crippen molar-refractivity contribution in [2.24, 2.45) is 5.10 Å². The van der Waals surface area contributed by atoms with E-state index in [0.717, 1.165) is 9.13 Å². The molecular weight excluding hydrogens is 622 g/mol. The van der Waals surface area contributed by atoms with Gasteiger partial charge in [-0.1, -0.05) is 60.1 Å². The molecule has 6 nitrogen and oxygen atoms in total. The summed E-state index contributed by atoms with van der Waals surface area (Å²) in [5.74, 6) is 0.591. The van der Waals surface area contributed by atoms with Gasteiger partial charge in [-0.2, -0.15) is 5.10 Å². The third kappa shape index (κ3) is 7.02. The maximum Gasteiger partial charge on any atom is 0.275 e. The zero-order valence-electron chi connectivity index (χ0n) is 20.3. The van der Waals surface area contributed by atoms with E-state index >= 15 is 0 Å². The summed E-state index contributed by atoms with van der Waals surface area (Å²) >= 11 is 8.31. The van der Waals surface area contributed by atoms with Gasteiger partial charge in [-0.25, -0.2) is 9.82 Å². The third-order valence-electron chi connectivity index (χ3n) is 5.43. The van der Waals surface area contributed by atoms with Crippen LogP contribution in [0.3, 0.4) is 0 Å². The van der Waals surface area contributed by atoms with E-state index in [2.05, 4.69) is 33.1 Å². The number of carbonyl (C=O) groups excluding carboxylic acids is 1. The average molecular weight is 645 g/mol. The minimum absolute atomic E-state index is 0.0560. The molecule has 1 amide bonds. The zero-order valence-corrected chi connectivity index (χ0v) is 23.2. The second-order valence-electron chi connectivity index (χ2n) is 7.99. The van der Waals surface area contributed by atoms with Crippen molar-refractivity contribution in [1.82, 2.24) is 5.43 Å². The number of para-hydroxylation sites is 1.